The molecule has 1 unspecified atom stereocenters. The lowest BCUT2D eigenvalue weighted by molar-refractivity contribution is 0.0727. The summed E-state index contributed by atoms with van der Waals surface area (Å²) < 4.78 is 0. The number of carbonyl (C=O) groups is 1. The highest BCUT2D eigenvalue weighted by molar-refractivity contribution is 7.12. The van der Waals surface area contributed by atoms with Crippen molar-refractivity contribution in [3.63, 3.8) is 0 Å². The molecule has 5 rings (SSSR count). The molecule has 1 atom stereocenters. The van der Waals surface area contributed by atoms with Gasteiger partial charge in [0.15, 0.2) is 0 Å². The molecule has 6 heteroatoms. The van der Waals surface area contributed by atoms with Crippen molar-refractivity contribution in [3.8, 4) is 0 Å². The third kappa shape index (κ3) is 4.21. The van der Waals surface area contributed by atoms with Gasteiger partial charge in [-0.25, -0.2) is 0 Å². The minimum atomic E-state index is -0.0729. The SMILES string of the molecule is Cc1cc(C)c(CN2CCc3sc(C(C)C4CCC(N5CCC5)CC4)c(C)c3C2=O)c(=O)[nH]1. The number of hydrogen-bond donors (Lipinski definition) is 1. The summed E-state index contributed by atoms with van der Waals surface area (Å²) in [6, 6.07) is 2.80. The molecular formula is C27H37N3O2S. The molecule has 0 radical (unpaired) electrons. The minimum Gasteiger partial charge on any atom is -0.334 e. The molecule has 0 bridgehead atoms. The highest BCUT2D eigenvalue weighted by Crippen LogP contribution is 2.44. The maximum atomic E-state index is 13.5. The number of rotatable bonds is 5. The average Bonchev–Trinajstić information content (AvgIpc) is 3.08. The van der Waals surface area contributed by atoms with Crippen LogP contribution in [-0.2, 0) is 13.0 Å². The predicted molar refractivity (Wildman–Crippen MR) is 134 cm³/mol. The van der Waals surface area contributed by atoms with E-state index in [0.717, 1.165) is 35.2 Å². The number of carbonyl (C=O) groups excluding carboxylic acids is 1. The number of likely N-dealkylation sites (tertiary alicyclic amines) is 1. The Morgan fingerprint density at radius 3 is 2.45 bits per heavy atom. The molecule has 178 valence electrons. The number of fused-ring (bicyclic) bond motifs is 1. The summed E-state index contributed by atoms with van der Waals surface area (Å²) in [7, 11) is 0. The van der Waals surface area contributed by atoms with Gasteiger partial charge in [-0.1, -0.05) is 6.92 Å². The zero-order valence-corrected chi connectivity index (χ0v) is 21.3. The van der Waals surface area contributed by atoms with Crippen molar-refractivity contribution in [1.29, 1.82) is 0 Å². The second kappa shape index (κ2) is 9.03. The molecule has 1 N–H and O–H groups in total. The van der Waals surface area contributed by atoms with Crippen LogP contribution in [0.15, 0.2) is 10.9 Å². The number of aryl methyl sites for hydroxylation is 2. The van der Waals surface area contributed by atoms with Crippen molar-refractivity contribution in [1.82, 2.24) is 14.8 Å². The van der Waals surface area contributed by atoms with Gasteiger partial charge in [-0.3, -0.25) is 9.59 Å². The number of aromatic nitrogens is 1. The van der Waals surface area contributed by atoms with Gasteiger partial charge in [0, 0.05) is 40.0 Å². The summed E-state index contributed by atoms with van der Waals surface area (Å²) in [4.78, 5) is 36.1. The fraction of sp³-hybridized carbons (Fsp3) is 0.630. The Morgan fingerprint density at radius 2 is 1.82 bits per heavy atom. The molecule has 3 aliphatic rings. The molecule has 2 aromatic heterocycles. The number of pyridine rings is 1. The van der Waals surface area contributed by atoms with Crippen LogP contribution in [0.2, 0.25) is 0 Å². The molecule has 2 aliphatic heterocycles. The first-order chi connectivity index (χ1) is 15.8. The first-order valence-electron chi connectivity index (χ1n) is 12.7. The molecule has 33 heavy (non-hydrogen) atoms. The molecule has 1 amide bonds. The molecule has 0 aromatic carbocycles. The van der Waals surface area contributed by atoms with Crippen LogP contribution < -0.4 is 5.56 Å². The van der Waals surface area contributed by atoms with E-state index in [-0.39, 0.29) is 11.5 Å². The van der Waals surface area contributed by atoms with Crippen molar-refractivity contribution in [2.45, 2.75) is 84.7 Å². The molecule has 5 nitrogen and oxygen atoms in total. The van der Waals surface area contributed by atoms with Crippen LogP contribution in [0.4, 0.5) is 0 Å². The van der Waals surface area contributed by atoms with Gasteiger partial charge in [0.2, 0.25) is 0 Å². The number of nitrogens with zero attached hydrogens (tertiary/aromatic N) is 2. The summed E-state index contributed by atoms with van der Waals surface area (Å²) in [5.74, 6) is 1.34. The lowest BCUT2D eigenvalue weighted by atomic mass is 9.77. The Kier molecular flexibility index (Phi) is 6.25. The zero-order valence-electron chi connectivity index (χ0n) is 20.5. The summed E-state index contributed by atoms with van der Waals surface area (Å²) in [6.07, 6.45) is 7.54. The van der Waals surface area contributed by atoms with Crippen LogP contribution >= 0.6 is 11.3 Å². The van der Waals surface area contributed by atoms with Crippen molar-refractivity contribution in [3.05, 3.63) is 54.1 Å². The van der Waals surface area contributed by atoms with Gasteiger partial charge in [0.1, 0.15) is 0 Å². The molecule has 2 aromatic rings. The standard InChI is InChI=1S/C27H37N3O2S/c1-16-14-17(2)28-26(31)22(16)15-30-13-10-23-24(27(30)32)19(4)25(33-23)18(3)20-6-8-21(9-7-20)29-11-5-12-29/h14,18,20-21H,5-13,15H2,1-4H3,(H,28,31). The molecular weight excluding hydrogens is 430 g/mol. The maximum Gasteiger partial charge on any atom is 0.255 e. The van der Waals surface area contributed by atoms with Gasteiger partial charge >= 0.3 is 0 Å². The zero-order chi connectivity index (χ0) is 23.3. The summed E-state index contributed by atoms with van der Waals surface area (Å²) >= 11 is 1.88. The fourth-order valence-corrected chi connectivity index (χ4v) is 7.72. The molecule has 2 fully saturated rings. The average molecular weight is 468 g/mol. The lowest BCUT2D eigenvalue weighted by Crippen LogP contribution is -2.46. The summed E-state index contributed by atoms with van der Waals surface area (Å²) in [6.45, 7) is 12.1. The van der Waals surface area contributed by atoms with Crippen molar-refractivity contribution in [2.24, 2.45) is 5.92 Å². The van der Waals surface area contributed by atoms with Crippen LogP contribution in [0.5, 0.6) is 0 Å². The number of thiophene rings is 1. The van der Waals surface area contributed by atoms with E-state index in [4.69, 9.17) is 0 Å². The molecule has 0 spiro atoms. The van der Waals surface area contributed by atoms with Gasteiger partial charge in [0.25, 0.3) is 11.5 Å². The van der Waals surface area contributed by atoms with Crippen molar-refractivity contribution >= 4 is 17.2 Å². The minimum absolute atomic E-state index is 0.0729. The highest BCUT2D eigenvalue weighted by Gasteiger charge is 2.35. The van der Waals surface area contributed by atoms with Gasteiger partial charge in [-0.2, -0.15) is 0 Å². The fourth-order valence-electron chi connectivity index (χ4n) is 6.29. The monoisotopic (exact) mass is 467 g/mol. The third-order valence-electron chi connectivity index (χ3n) is 8.48. The van der Waals surface area contributed by atoms with Crippen LogP contribution in [0.1, 0.15) is 87.4 Å². The second-order valence-corrected chi connectivity index (χ2v) is 11.7. The predicted octanol–water partition coefficient (Wildman–Crippen LogP) is 4.93. The van der Waals surface area contributed by atoms with Gasteiger partial charge in [-0.05, 0) is 95.0 Å². The van der Waals surface area contributed by atoms with Gasteiger partial charge in [0.05, 0.1) is 12.1 Å². The first-order valence-corrected chi connectivity index (χ1v) is 13.5. The van der Waals surface area contributed by atoms with Gasteiger partial charge < -0.3 is 14.8 Å². The number of amides is 1. The van der Waals surface area contributed by atoms with Crippen molar-refractivity contribution < 1.29 is 4.79 Å². The molecule has 4 heterocycles. The Hall–Kier alpha value is -1.92. The largest absolute Gasteiger partial charge is 0.334 e. The quantitative estimate of drug-likeness (QED) is 0.678. The second-order valence-electron chi connectivity index (χ2n) is 10.6. The van der Waals surface area contributed by atoms with E-state index in [2.05, 4.69) is 23.7 Å². The van der Waals surface area contributed by atoms with E-state index >= 15 is 0 Å². The Labute approximate surface area is 201 Å². The molecule has 1 saturated heterocycles. The molecule has 1 saturated carbocycles. The molecule has 1 aliphatic carbocycles. The maximum absolute atomic E-state index is 13.5. The smallest absolute Gasteiger partial charge is 0.255 e. The third-order valence-corrected chi connectivity index (χ3v) is 10.0. The van der Waals surface area contributed by atoms with E-state index in [9.17, 15) is 9.59 Å². The van der Waals surface area contributed by atoms with E-state index in [1.807, 2.05) is 36.2 Å². The lowest BCUT2D eigenvalue weighted by Gasteiger charge is -2.43. The Bertz CT molecular complexity index is 1110. The van der Waals surface area contributed by atoms with E-state index in [1.165, 1.54) is 60.5 Å². The number of hydrogen-bond acceptors (Lipinski definition) is 4. The Balaban J connectivity index is 1.31. The normalized spacial score (nSPS) is 24.5. The van der Waals surface area contributed by atoms with E-state index < -0.39 is 0 Å². The van der Waals surface area contributed by atoms with Crippen LogP contribution in [0, 0.1) is 26.7 Å². The number of aromatic amines is 1. The van der Waals surface area contributed by atoms with Crippen LogP contribution in [0.25, 0.3) is 0 Å². The number of H-pyrrole nitrogens is 1. The summed E-state index contributed by atoms with van der Waals surface area (Å²) in [5.41, 5.74) is 4.56. The first kappa shape index (κ1) is 22.9. The topological polar surface area (TPSA) is 56.4 Å². The van der Waals surface area contributed by atoms with Gasteiger partial charge in [-0.15, -0.1) is 11.3 Å². The number of nitrogens with one attached hydrogen (secondary N) is 1. The summed E-state index contributed by atoms with van der Waals surface area (Å²) in [5, 5.41) is 0. The van der Waals surface area contributed by atoms with Crippen molar-refractivity contribution in [2.75, 3.05) is 19.6 Å². The Morgan fingerprint density at radius 1 is 1.09 bits per heavy atom. The van der Waals surface area contributed by atoms with Crippen LogP contribution in [-0.4, -0.2) is 46.4 Å². The highest BCUT2D eigenvalue weighted by atomic mass is 32.1. The van der Waals surface area contributed by atoms with E-state index in [0.29, 0.717) is 24.6 Å². The van der Waals surface area contributed by atoms with Crippen LogP contribution in [0.3, 0.4) is 0 Å². The van der Waals surface area contributed by atoms with E-state index in [1.54, 1.807) is 0 Å².